The van der Waals surface area contributed by atoms with Gasteiger partial charge >= 0.3 is 6.18 Å². The number of hydrogen-bond acceptors (Lipinski definition) is 4. The van der Waals surface area contributed by atoms with Crippen LogP contribution in [0.2, 0.25) is 0 Å². The maximum absolute atomic E-state index is 15.2. The number of rotatable bonds is 9. The minimum Gasteiger partial charge on any atom is -0.486 e. The Morgan fingerprint density at radius 1 is 0.889 bits per heavy atom. The van der Waals surface area contributed by atoms with Crippen LogP contribution in [0.15, 0.2) is 73.6 Å². The highest BCUT2D eigenvalue weighted by molar-refractivity contribution is 5.87. The van der Waals surface area contributed by atoms with Gasteiger partial charge in [0.2, 0.25) is 0 Å². The van der Waals surface area contributed by atoms with E-state index in [0.29, 0.717) is 52.1 Å². The fraction of sp³-hybridized carbons (Fsp3) is 0.185. The number of hydrogen-bond donors (Lipinski definition) is 0. The molecule has 0 saturated carbocycles. The van der Waals surface area contributed by atoms with Gasteiger partial charge in [0, 0.05) is 10.9 Å². The molecule has 0 N–H and O–H groups in total. The molecule has 36 heavy (non-hydrogen) atoms. The van der Waals surface area contributed by atoms with Gasteiger partial charge < -0.3 is 9.47 Å². The van der Waals surface area contributed by atoms with Crippen molar-refractivity contribution < 1.29 is 31.4 Å². The van der Waals surface area contributed by atoms with E-state index in [2.05, 4.69) is 21.3 Å². The topological polar surface area (TPSA) is 44.2 Å². The molecule has 9 heteroatoms. The van der Waals surface area contributed by atoms with Crippen molar-refractivity contribution in [2.45, 2.75) is 19.0 Å². The molecule has 0 amide bonds. The van der Waals surface area contributed by atoms with Crippen molar-refractivity contribution in [3.63, 3.8) is 0 Å². The fourth-order valence-corrected chi connectivity index (χ4v) is 3.62. The van der Waals surface area contributed by atoms with Crippen LogP contribution in [0.3, 0.4) is 0 Å². The van der Waals surface area contributed by atoms with Gasteiger partial charge in [-0.05, 0) is 47.6 Å². The number of aryl methyl sites for hydroxylation is 2. The van der Waals surface area contributed by atoms with E-state index < -0.39 is 30.2 Å². The Morgan fingerprint density at radius 2 is 1.67 bits per heavy atom. The zero-order chi connectivity index (χ0) is 25.7. The Kier molecular flexibility index (Phi) is 7.47. The third-order valence-electron chi connectivity index (χ3n) is 5.36. The normalized spacial score (nSPS) is 11.5. The molecule has 1 heterocycles. The van der Waals surface area contributed by atoms with Gasteiger partial charge in [0.25, 0.3) is 0 Å². The van der Waals surface area contributed by atoms with Crippen LogP contribution in [0.4, 0.5) is 22.0 Å². The van der Waals surface area contributed by atoms with E-state index in [9.17, 15) is 17.6 Å². The van der Waals surface area contributed by atoms with Gasteiger partial charge in [0.15, 0.2) is 29.7 Å². The molecule has 4 rings (SSSR count). The lowest BCUT2D eigenvalue weighted by molar-refractivity contribution is -0.153. The van der Waals surface area contributed by atoms with Crippen LogP contribution in [0.25, 0.3) is 22.2 Å². The van der Waals surface area contributed by atoms with Gasteiger partial charge in [0.05, 0.1) is 12.4 Å². The number of halogens is 5. The summed E-state index contributed by atoms with van der Waals surface area (Å²) >= 11 is 0. The first-order chi connectivity index (χ1) is 17.2. The Balaban J connectivity index is 1.46. The smallest absolute Gasteiger partial charge is 0.422 e. The predicted octanol–water partition coefficient (Wildman–Crippen LogP) is 6.87. The monoisotopic (exact) mass is 500 g/mol. The molecule has 4 aromatic rings. The molecular weight excluding hydrogens is 479 g/mol. The van der Waals surface area contributed by atoms with Gasteiger partial charge in [-0.25, -0.2) is 18.7 Å². The summed E-state index contributed by atoms with van der Waals surface area (Å²) in [5, 5.41) is 1.09. The summed E-state index contributed by atoms with van der Waals surface area (Å²) in [6.45, 7) is 2.35. The summed E-state index contributed by atoms with van der Waals surface area (Å²) in [5.41, 5.74) is 1.67. The maximum atomic E-state index is 15.2. The summed E-state index contributed by atoms with van der Waals surface area (Å²) in [4.78, 5) is 8.58. The number of nitrogens with zero attached hydrogens (tertiary/aromatic N) is 2. The average molecular weight is 500 g/mol. The van der Waals surface area contributed by atoms with E-state index in [0.717, 1.165) is 12.1 Å². The van der Waals surface area contributed by atoms with Crippen molar-refractivity contribution in [1.29, 1.82) is 0 Å². The molecule has 4 nitrogen and oxygen atoms in total. The molecule has 186 valence electrons. The first-order valence-corrected chi connectivity index (χ1v) is 11.0. The summed E-state index contributed by atoms with van der Waals surface area (Å²) in [7, 11) is 0. The minimum absolute atomic E-state index is 0.279. The third kappa shape index (κ3) is 6.16. The Bertz CT molecular complexity index is 1370. The van der Waals surface area contributed by atoms with Crippen molar-refractivity contribution in [2.24, 2.45) is 0 Å². The zero-order valence-electron chi connectivity index (χ0n) is 19.0. The Morgan fingerprint density at radius 3 is 2.36 bits per heavy atom. The lowest BCUT2D eigenvalue weighted by Gasteiger charge is -2.11. The average Bonchev–Trinajstić information content (AvgIpc) is 2.86. The first kappa shape index (κ1) is 25.1. The minimum atomic E-state index is -4.56. The van der Waals surface area contributed by atoms with Gasteiger partial charge in [-0.3, -0.25) is 0 Å². The third-order valence-corrected chi connectivity index (χ3v) is 5.36. The van der Waals surface area contributed by atoms with E-state index in [4.69, 9.17) is 4.74 Å². The molecule has 0 fully saturated rings. The van der Waals surface area contributed by atoms with E-state index in [1.165, 1.54) is 6.07 Å². The molecule has 0 aliphatic carbocycles. The van der Waals surface area contributed by atoms with Gasteiger partial charge in [-0.2, -0.15) is 13.2 Å². The lowest BCUT2D eigenvalue weighted by atomic mass is 9.99. The standard InChI is InChI=1S/C27H21F5N2O2/c1-2-11-35-21-14-33-26(34-15-21)20-8-9-22-19(13-20)7-6-18(25(22)29)5-3-17-4-10-24(23(28)12-17)36-16-27(30,31)32/h2,4,6-10,12-15H,1,3,5,11,16H2. The first-order valence-electron chi connectivity index (χ1n) is 11.0. The quantitative estimate of drug-likeness (QED) is 0.186. The van der Waals surface area contributed by atoms with Crippen LogP contribution in [-0.4, -0.2) is 29.4 Å². The number of aromatic nitrogens is 2. The summed E-state index contributed by atoms with van der Waals surface area (Å²) in [6.07, 6.45) is 0.740. The van der Waals surface area contributed by atoms with Crippen molar-refractivity contribution >= 4 is 10.8 Å². The van der Waals surface area contributed by atoms with Gasteiger partial charge in [0.1, 0.15) is 12.4 Å². The fourth-order valence-electron chi connectivity index (χ4n) is 3.62. The van der Waals surface area contributed by atoms with Crippen LogP contribution in [-0.2, 0) is 12.8 Å². The van der Waals surface area contributed by atoms with Crippen LogP contribution in [0.1, 0.15) is 11.1 Å². The molecule has 1 aromatic heterocycles. The summed E-state index contributed by atoms with van der Waals surface area (Å²) in [6, 6.07) is 12.3. The van der Waals surface area contributed by atoms with Crippen LogP contribution in [0.5, 0.6) is 11.5 Å². The second kappa shape index (κ2) is 10.7. The van der Waals surface area contributed by atoms with E-state index in [1.54, 1.807) is 48.8 Å². The molecule has 0 aliphatic heterocycles. The molecule has 0 spiro atoms. The van der Waals surface area contributed by atoms with Crippen molar-refractivity contribution in [3.8, 4) is 22.9 Å². The van der Waals surface area contributed by atoms with Crippen molar-refractivity contribution in [2.75, 3.05) is 13.2 Å². The van der Waals surface area contributed by atoms with Crippen LogP contribution < -0.4 is 9.47 Å². The lowest BCUT2D eigenvalue weighted by Crippen LogP contribution is -2.19. The molecule has 0 atom stereocenters. The van der Waals surface area contributed by atoms with Crippen LogP contribution in [0, 0.1) is 11.6 Å². The highest BCUT2D eigenvalue weighted by atomic mass is 19.4. The molecule has 0 bridgehead atoms. The zero-order valence-corrected chi connectivity index (χ0v) is 19.0. The second-order valence-electron chi connectivity index (χ2n) is 7.99. The highest BCUT2D eigenvalue weighted by Gasteiger charge is 2.29. The van der Waals surface area contributed by atoms with Crippen LogP contribution >= 0.6 is 0 Å². The Hall–Kier alpha value is -4.01. The van der Waals surface area contributed by atoms with Gasteiger partial charge in [-0.1, -0.05) is 43.0 Å². The number of alkyl halides is 3. The molecule has 0 aliphatic rings. The SMILES string of the molecule is C=CCOc1cnc(-c2ccc3c(F)c(CCc4ccc(OCC(F)(F)F)c(F)c4)ccc3c2)nc1. The molecule has 0 saturated heterocycles. The molecule has 0 radical (unpaired) electrons. The second-order valence-corrected chi connectivity index (χ2v) is 7.99. The molecule has 0 unspecified atom stereocenters. The predicted molar refractivity (Wildman–Crippen MR) is 126 cm³/mol. The Labute approximate surface area is 204 Å². The molecule has 3 aromatic carbocycles. The molecular formula is C27H21F5N2O2. The summed E-state index contributed by atoms with van der Waals surface area (Å²) in [5.74, 6) is -0.785. The maximum Gasteiger partial charge on any atom is 0.422 e. The van der Waals surface area contributed by atoms with E-state index >= 15 is 4.39 Å². The van der Waals surface area contributed by atoms with E-state index in [1.807, 2.05) is 0 Å². The summed E-state index contributed by atoms with van der Waals surface area (Å²) < 4.78 is 75.9. The number of fused-ring (bicyclic) bond motifs is 1. The van der Waals surface area contributed by atoms with E-state index in [-0.39, 0.29) is 6.42 Å². The largest absolute Gasteiger partial charge is 0.486 e. The van der Waals surface area contributed by atoms with Crippen molar-refractivity contribution in [1.82, 2.24) is 9.97 Å². The number of ether oxygens (including phenoxy) is 2. The highest BCUT2D eigenvalue weighted by Crippen LogP contribution is 2.28. The number of benzene rings is 3. The van der Waals surface area contributed by atoms with Gasteiger partial charge in [-0.15, -0.1) is 0 Å². The van der Waals surface area contributed by atoms with Crippen molar-refractivity contribution in [3.05, 3.63) is 96.3 Å².